The van der Waals surface area contributed by atoms with Gasteiger partial charge in [0.1, 0.15) is 5.75 Å². The molecular weight excluding hydrogens is 373 g/mol. The standard InChI is InChI=1S/C20H19F3N2O3/c21-20(22,23)16-8-1-2-9-17(16)28-13-18(26)24-14-6-5-7-15(12-14)25-11-4-3-10-19(25)27/h1-2,5-9,12H,3-4,10-11,13H2,(H,24,26). The second-order valence-corrected chi connectivity index (χ2v) is 6.38. The number of piperidine rings is 1. The van der Waals surface area contributed by atoms with Gasteiger partial charge in [-0.3, -0.25) is 9.59 Å². The Morgan fingerprint density at radius 1 is 1.11 bits per heavy atom. The van der Waals surface area contributed by atoms with Crippen molar-refractivity contribution in [3.05, 3.63) is 54.1 Å². The third kappa shape index (κ3) is 4.82. The van der Waals surface area contributed by atoms with Crippen molar-refractivity contribution in [2.75, 3.05) is 23.4 Å². The molecule has 1 aliphatic rings. The van der Waals surface area contributed by atoms with Crippen LogP contribution in [-0.2, 0) is 15.8 Å². The van der Waals surface area contributed by atoms with E-state index in [9.17, 15) is 22.8 Å². The summed E-state index contributed by atoms with van der Waals surface area (Å²) in [4.78, 5) is 25.8. The molecule has 5 nitrogen and oxygen atoms in total. The molecule has 1 saturated heterocycles. The van der Waals surface area contributed by atoms with Crippen LogP contribution in [0.5, 0.6) is 5.75 Å². The number of rotatable bonds is 5. The van der Waals surface area contributed by atoms with Gasteiger partial charge in [-0.2, -0.15) is 13.2 Å². The van der Waals surface area contributed by atoms with Crippen molar-refractivity contribution in [3.8, 4) is 5.75 Å². The normalized spacial score (nSPS) is 14.7. The number of carbonyl (C=O) groups is 2. The van der Waals surface area contributed by atoms with Gasteiger partial charge in [-0.05, 0) is 43.2 Å². The fourth-order valence-corrected chi connectivity index (χ4v) is 3.00. The summed E-state index contributed by atoms with van der Waals surface area (Å²) in [6, 6.07) is 11.5. The monoisotopic (exact) mass is 392 g/mol. The molecule has 2 aromatic rings. The van der Waals surface area contributed by atoms with Crippen LogP contribution in [0.3, 0.4) is 0 Å². The molecule has 28 heavy (non-hydrogen) atoms. The number of anilines is 2. The van der Waals surface area contributed by atoms with Crippen LogP contribution in [-0.4, -0.2) is 25.0 Å². The third-order valence-corrected chi connectivity index (χ3v) is 4.32. The predicted molar refractivity (Wildman–Crippen MR) is 98.2 cm³/mol. The number of nitrogens with one attached hydrogen (secondary N) is 1. The summed E-state index contributed by atoms with van der Waals surface area (Å²) < 4.78 is 43.9. The molecule has 0 radical (unpaired) electrons. The highest BCUT2D eigenvalue weighted by molar-refractivity contribution is 5.96. The van der Waals surface area contributed by atoms with E-state index in [2.05, 4.69) is 5.32 Å². The van der Waals surface area contributed by atoms with Gasteiger partial charge in [-0.1, -0.05) is 18.2 Å². The first-order valence-electron chi connectivity index (χ1n) is 8.84. The fourth-order valence-electron chi connectivity index (χ4n) is 3.00. The van der Waals surface area contributed by atoms with Gasteiger partial charge in [-0.15, -0.1) is 0 Å². The number of ether oxygens (including phenoxy) is 1. The van der Waals surface area contributed by atoms with Crippen molar-refractivity contribution < 1.29 is 27.5 Å². The first-order chi connectivity index (χ1) is 13.3. The molecule has 1 fully saturated rings. The number of carbonyl (C=O) groups excluding carboxylic acids is 2. The zero-order chi connectivity index (χ0) is 20.1. The number of para-hydroxylation sites is 1. The number of halogens is 3. The van der Waals surface area contributed by atoms with Crippen LogP contribution in [0.1, 0.15) is 24.8 Å². The summed E-state index contributed by atoms with van der Waals surface area (Å²) in [5.74, 6) is -0.973. The van der Waals surface area contributed by atoms with E-state index in [1.807, 2.05) is 0 Å². The maximum absolute atomic E-state index is 13.0. The van der Waals surface area contributed by atoms with Crippen molar-refractivity contribution in [2.45, 2.75) is 25.4 Å². The Balaban J connectivity index is 1.63. The molecule has 148 valence electrons. The van der Waals surface area contributed by atoms with Gasteiger partial charge in [-0.25, -0.2) is 0 Å². The third-order valence-electron chi connectivity index (χ3n) is 4.32. The Bertz CT molecular complexity index is 868. The Kier molecular flexibility index (Phi) is 5.87. The number of benzene rings is 2. The van der Waals surface area contributed by atoms with Crippen molar-refractivity contribution in [3.63, 3.8) is 0 Å². The first kappa shape index (κ1) is 19.7. The fraction of sp³-hybridized carbons (Fsp3) is 0.300. The van der Waals surface area contributed by atoms with Gasteiger partial charge in [0.2, 0.25) is 5.91 Å². The quantitative estimate of drug-likeness (QED) is 0.828. The van der Waals surface area contributed by atoms with E-state index < -0.39 is 30.0 Å². The number of amides is 2. The zero-order valence-corrected chi connectivity index (χ0v) is 15.0. The number of hydrogen-bond acceptors (Lipinski definition) is 3. The minimum Gasteiger partial charge on any atom is -0.483 e. The van der Waals surface area contributed by atoms with Crippen molar-refractivity contribution in [1.29, 1.82) is 0 Å². The van der Waals surface area contributed by atoms with Gasteiger partial charge in [0, 0.05) is 24.3 Å². The lowest BCUT2D eigenvalue weighted by atomic mass is 10.1. The molecule has 1 N–H and O–H groups in total. The molecule has 8 heteroatoms. The molecule has 1 heterocycles. The van der Waals surface area contributed by atoms with E-state index >= 15 is 0 Å². The van der Waals surface area contributed by atoms with E-state index in [4.69, 9.17) is 4.74 Å². The molecule has 0 aromatic heterocycles. The van der Waals surface area contributed by atoms with Crippen LogP contribution in [0.2, 0.25) is 0 Å². The summed E-state index contributed by atoms with van der Waals surface area (Å²) in [5, 5.41) is 2.58. The Morgan fingerprint density at radius 3 is 2.64 bits per heavy atom. The first-order valence-corrected chi connectivity index (χ1v) is 8.84. The molecule has 2 aromatic carbocycles. The second-order valence-electron chi connectivity index (χ2n) is 6.38. The van der Waals surface area contributed by atoms with Crippen LogP contribution < -0.4 is 15.0 Å². The molecular formula is C20H19F3N2O3. The lowest BCUT2D eigenvalue weighted by Crippen LogP contribution is -2.35. The van der Waals surface area contributed by atoms with E-state index in [0.29, 0.717) is 24.3 Å². The minimum absolute atomic E-state index is 0.0295. The molecule has 1 aliphatic heterocycles. The molecule has 0 unspecified atom stereocenters. The van der Waals surface area contributed by atoms with Gasteiger partial charge < -0.3 is 15.0 Å². The summed E-state index contributed by atoms with van der Waals surface area (Å²) in [7, 11) is 0. The van der Waals surface area contributed by atoms with Crippen molar-refractivity contribution in [2.24, 2.45) is 0 Å². The Labute approximate surface area is 160 Å². The highest BCUT2D eigenvalue weighted by Crippen LogP contribution is 2.35. The summed E-state index contributed by atoms with van der Waals surface area (Å²) in [6.07, 6.45) is -2.30. The van der Waals surface area contributed by atoms with Crippen LogP contribution in [0, 0.1) is 0 Å². The van der Waals surface area contributed by atoms with Crippen LogP contribution in [0.4, 0.5) is 24.5 Å². The van der Waals surface area contributed by atoms with Gasteiger partial charge in [0.15, 0.2) is 6.61 Å². The summed E-state index contributed by atoms with van der Waals surface area (Å²) in [5.41, 5.74) is 0.174. The van der Waals surface area contributed by atoms with E-state index in [-0.39, 0.29) is 5.91 Å². The molecule has 0 spiro atoms. The van der Waals surface area contributed by atoms with Crippen LogP contribution in [0.25, 0.3) is 0 Å². The van der Waals surface area contributed by atoms with E-state index in [0.717, 1.165) is 18.9 Å². The Morgan fingerprint density at radius 2 is 1.89 bits per heavy atom. The molecule has 3 rings (SSSR count). The van der Waals surface area contributed by atoms with Crippen molar-refractivity contribution >= 4 is 23.2 Å². The average molecular weight is 392 g/mol. The summed E-state index contributed by atoms with van der Waals surface area (Å²) in [6.45, 7) is 0.0491. The number of hydrogen-bond donors (Lipinski definition) is 1. The molecule has 0 atom stereocenters. The smallest absolute Gasteiger partial charge is 0.419 e. The SMILES string of the molecule is O=C(COc1ccccc1C(F)(F)F)Nc1cccc(N2CCCCC2=O)c1. The van der Waals surface area contributed by atoms with E-state index in [1.54, 1.807) is 29.2 Å². The van der Waals surface area contributed by atoms with Crippen LogP contribution in [0.15, 0.2) is 48.5 Å². The van der Waals surface area contributed by atoms with Crippen molar-refractivity contribution in [1.82, 2.24) is 0 Å². The molecule has 0 aliphatic carbocycles. The van der Waals surface area contributed by atoms with E-state index in [1.165, 1.54) is 18.2 Å². The maximum atomic E-state index is 13.0. The van der Waals surface area contributed by atoms with Gasteiger partial charge in [0.05, 0.1) is 5.56 Å². The zero-order valence-electron chi connectivity index (χ0n) is 15.0. The summed E-state index contributed by atoms with van der Waals surface area (Å²) >= 11 is 0. The topological polar surface area (TPSA) is 58.6 Å². The maximum Gasteiger partial charge on any atom is 0.419 e. The molecule has 0 saturated carbocycles. The number of nitrogens with zero attached hydrogens (tertiary/aromatic N) is 1. The highest BCUT2D eigenvalue weighted by Gasteiger charge is 2.34. The lowest BCUT2D eigenvalue weighted by Gasteiger charge is -2.27. The molecule has 0 bridgehead atoms. The Hall–Kier alpha value is -3.03. The second kappa shape index (κ2) is 8.33. The number of alkyl halides is 3. The predicted octanol–water partition coefficient (Wildman–Crippen LogP) is 4.24. The average Bonchev–Trinajstić information content (AvgIpc) is 2.66. The minimum atomic E-state index is -4.57. The molecule has 2 amide bonds. The van der Waals surface area contributed by atoms with Gasteiger partial charge >= 0.3 is 6.18 Å². The highest BCUT2D eigenvalue weighted by atomic mass is 19.4. The lowest BCUT2D eigenvalue weighted by molar-refractivity contribution is -0.139. The van der Waals surface area contributed by atoms with Crippen LogP contribution >= 0.6 is 0 Å². The largest absolute Gasteiger partial charge is 0.483 e. The van der Waals surface area contributed by atoms with Gasteiger partial charge in [0.25, 0.3) is 5.91 Å².